The molecule has 0 aliphatic rings. The molecule has 0 saturated heterocycles. The minimum absolute atomic E-state index is 0.462. The van der Waals surface area contributed by atoms with Crippen LogP contribution in [0.25, 0.3) is 0 Å². The first-order valence-corrected chi connectivity index (χ1v) is 4.29. The van der Waals surface area contributed by atoms with Crippen molar-refractivity contribution in [3.63, 3.8) is 0 Å². The van der Waals surface area contributed by atoms with E-state index < -0.39 is 6.10 Å². The quantitative estimate of drug-likeness (QED) is 0.734. The molecule has 3 nitrogen and oxygen atoms in total. The number of aldehydes is 1. The number of benzene rings is 1. The summed E-state index contributed by atoms with van der Waals surface area (Å²) in [5.41, 5.74) is 1.46. The zero-order valence-corrected chi connectivity index (χ0v) is 8.73. The van der Waals surface area contributed by atoms with E-state index in [-0.39, 0.29) is 0 Å². The van der Waals surface area contributed by atoms with Crippen molar-refractivity contribution in [3.8, 4) is 0 Å². The molecule has 1 aromatic carbocycles. The lowest BCUT2D eigenvalue weighted by atomic mass is 10.1. The fourth-order valence-corrected chi connectivity index (χ4v) is 0.853. The van der Waals surface area contributed by atoms with Crippen molar-refractivity contribution in [2.24, 2.45) is 0 Å². The Morgan fingerprint density at radius 3 is 2.00 bits per heavy atom. The third kappa shape index (κ3) is 4.74. The van der Waals surface area contributed by atoms with E-state index in [1.165, 1.54) is 0 Å². The second-order valence-corrected chi connectivity index (χ2v) is 2.87. The molecule has 1 N–H and O–H groups in total. The van der Waals surface area contributed by atoms with Crippen LogP contribution in [-0.2, 0) is 4.74 Å². The van der Waals surface area contributed by atoms with Crippen molar-refractivity contribution in [3.05, 3.63) is 35.4 Å². The Bertz CT molecular complexity index is 252. The maximum absolute atomic E-state index is 10.2. The van der Waals surface area contributed by atoms with Crippen molar-refractivity contribution >= 4 is 6.29 Å². The van der Waals surface area contributed by atoms with Gasteiger partial charge < -0.3 is 9.84 Å². The molecule has 0 aliphatic carbocycles. The molecule has 0 fully saturated rings. The third-order valence-electron chi connectivity index (χ3n) is 1.55. The fourth-order valence-electron chi connectivity index (χ4n) is 0.853. The van der Waals surface area contributed by atoms with Gasteiger partial charge in [-0.2, -0.15) is 0 Å². The molecule has 14 heavy (non-hydrogen) atoms. The number of aliphatic hydroxyl groups excluding tert-OH is 1. The summed E-state index contributed by atoms with van der Waals surface area (Å²) in [6, 6.07) is 6.87. The maximum Gasteiger partial charge on any atom is 0.150 e. The zero-order chi connectivity index (χ0) is 11.0. The number of carbonyl (C=O) groups is 1. The van der Waals surface area contributed by atoms with Gasteiger partial charge in [0.2, 0.25) is 0 Å². The third-order valence-corrected chi connectivity index (χ3v) is 1.55. The van der Waals surface area contributed by atoms with Gasteiger partial charge >= 0.3 is 0 Å². The van der Waals surface area contributed by atoms with E-state index in [0.29, 0.717) is 5.56 Å². The van der Waals surface area contributed by atoms with Gasteiger partial charge in [-0.25, -0.2) is 0 Å². The van der Waals surface area contributed by atoms with E-state index >= 15 is 0 Å². The summed E-state index contributed by atoms with van der Waals surface area (Å²) in [4.78, 5) is 10.2. The van der Waals surface area contributed by atoms with Crippen molar-refractivity contribution in [2.75, 3.05) is 14.2 Å². The highest BCUT2D eigenvalue weighted by Gasteiger charge is 1.98. The largest absolute Gasteiger partial charge is 0.389 e. The smallest absolute Gasteiger partial charge is 0.150 e. The van der Waals surface area contributed by atoms with Crippen molar-refractivity contribution < 1.29 is 14.6 Å². The van der Waals surface area contributed by atoms with Crippen molar-refractivity contribution in [1.82, 2.24) is 0 Å². The number of rotatable bonds is 2. The topological polar surface area (TPSA) is 46.5 Å². The second-order valence-electron chi connectivity index (χ2n) is 2.87. The highest BCUT2D eigenvalue weighted by Crippen LogP contribution is 2.11. The molecule has 0 radical (unpaired) electrons. The summed E-state index contributed by atoms with van der Waals surface area (Å²) in [5, 5.41) is 9.10. The van der Waals surface area contributed by atoms with E-state index in [9.17, 15) is 4.79 Å². The van der Waals surface area contributed by atoms with Crippen LogP contribution in [0.2, 0.25) is 0 Å². The molecule has 1 atom stereocenters. The zero-order valence-electron chi connectivity index (χ0n) is 8.73. The van der Waals surface area contributed by atoms with E-state index in [1.807, 2.05) is 0 Å². The summed E-state index contributed by atoms with van der Waals surface area (Å²) < 4.78 is 4.25. The van der Waals surface area contributed by atoms with Gasteiger partial charge in [0, 0.05) is 19.8 Å². The van der Waals surface area contributed by atoms with Crippen LogP contribution >= 0.6 is 0 Å². The minimum Gasteiger partial charge on any atom is -0.389 e. The lowest BCUT2D eigenvalue weighted by molar-refractivity contribution is 0.112. The van der Waals surface area contributed by atoms with Gasteiger partial charge in [0.05, 0.1) is 6.10 Å². The Hall–Kier alpha value is -1.19. The molecule has 0 spiro atoms. The van der Waals surface area contributed by atoms with Gasteiger partial charge in [-0.3, -0.25) is 4.79 Å². The molecule has 0 aromatic heterocycles. The van der Waals surface area contributed by atoms with E-state index in [2.05, 4.69) is 4.74 Å². The molecule has 1 rings (SSSR count). The summed E-state index contributed by atoms with van der Waals surface area (Å²) in [5.74, 6) is 0. The average molecular weight is 196 g/mol. The van der Waals surface area contributed by atoms with E-state index in [1.54, 1.807) is 45.4 Å². The summed E-state index contributed by atoms with van der Waals surface area (Å²) in [7, 11) is 3.25. The predicted octanol–water partition coefficient (Wildman–Crippen LogP) is 1.81. The Balaban J connectivity index is 0.000000500. The molecule has 0 bridgehead atoms. The number of hydrogen-bond donors (Lipinski definition) is 1. The van der Waals surface area contributed by atoms with Crippen LogP contribution in [0.1, 0.15) is 28.9 Å². The molecule has 0 amide bonds. The number of ether oxygens (including phenoxy) is 1. The first-order chi connectivity index (χ1) is 6.65. The van der Waals surface area contributed by atoms with Crippen LogP contribution in [0.5, 0.6) is 0 Å². The van der Waals surface area contributed by atoms with Gasteiger partial charge in [-0.05, 0) is 12.5 Å². The molecular weight excluding hydrogens is 180 g/mol. The van der Waals surface area contributed by atoms with Gasteiger partial charge in [-0.15, -0.1) is 0 Å². The van der Waals surface area contributed by atoms with Crippen LogP contribution < -0.4 is 0 Å². The number of carbonyl (C=O) groups excluding carboxylic acids is 1. The van der Waals surface area contributed by atoms with Crippen LogP contribution in [0.15, 0.2) is 24.3 Å². The fraction of sp³-hybridized carbons (Fsp3) is 0.364. The Morgan fingerprint density at radius 2 is 1.71 bits per heavy atom. The van der Waals surface area contributed by atoms with Crippen molar-refractivity contribution in [2.45, 2.75) is 13.0 Å². The van der Waals surface area contributed by atoms with Gasteiger partial charge in [0.1, 0.15) is 6.29 Å². The highest BCUT2D eigenvalue weighted by atomic mass is 16.4. The summed E-state index contributed by atoms with van der Waals surface area (Å²) in [6.45, 7) is 1.69. The lowest BCUT2D eigenvalue weighted by Crippen LogP contribution is -1.90. The predicted molar refractivity (Wildman–Crippen MR) is 55.4 cm³/mol. The molecule has 78 valence electrons. The highest BCUT2D eigenvalue weighted by molar-refractivity contribution is 5.74. The normalized spacial score (nSPS) is 11.1. The molecule has 0 aliphatic heterocycles. The summed E-state index contributed by atoms with van der Waals surface area (Å²) >= 11 is 0. The van der Waals surface area contributed by atoms with Crippen molar-refractivity contribution in [1.29, 1.82) is 0 Å². The molecular formula is C11H16O3. The number of hydrogen-bond acceptors (Lipinski definition) is 3. The minimum atomic E-state index is -0.462. The van der Waals surface area contributed by atoms with Gasteiger partial charge in [0.25, 0.3) is 0 Å². The standard InChI is InChI=1S/C9H10O2.C2H6O/c1-7(11)9-4-2-8(6-10)3-5-9;1-3-2/h2-7,11H,1H3;1-2H3. The number of aliphatic hydroxyl groups is 1. The molecule has 1 aromatic rings. The van der Waals surface area contributed by atoms with E-state index in [4.69, 9.17) is 5.11 Å². The SMILES string of the molecule is CC(O)c1ccc(C=O)cc1.COC. The monoisotopic (exact) mass is 196 g/mol. The first-order valence-electron chi connectivity index (χ1n) is 4.29. The van der Waals surface area contributed by atoms with E-state index in [0.717, 1.165) is 11.8 Å². The van der Waals surface area contributed by atoms with Crippen LogP contribution in [-0.4, -0.2) is 25.6 Å². The lowest BCUT2D eigenvalue weighted by Gasteiger charge is -2.02. The summed E-state index contributed by atoms with van der Waals surface area (Å²) in [6.07, 6.45) is 0.321. The van der Waals surface area contributed by atoms with Gasteiger partial charge in [0.15, 0.2) is 0 Å². The second kappa shape index (κ2) is 7.24. The van der Waals surface area contributed by atoms with Crippen LogP contribution in [0, 0.1) is 0 Å². The Morgan fingerprint density at radius 1 is 1.29 bits per heavy atom. The number of methoxy groups -OCH3 is 1. The maximum atomic E-state index is 10.2. The molecule has 3 heteroatoms. The average Bonchev–Trinajstić information content (AvgIpc) is 2.19. The molecule has 0 heterocycles. The van der Waals surface area contributed by atoms with Crippen LogP contribution in [0.4, 0.5) is 0 Å². The molecule has 1 unspecified atom stereocenters. The Labute approximate surface area is 84.3 Å². The first kappa shape index (κ1) is 12.8. The van der Waals surface area contributed by atoms with Crippen LogP contribution in [0.3, 0.4) is 0 Å². The van der Waals surface area contributed by atoms with Gasteiger partial charge in [-0.1, -0.05) is 24.3 Å². The molecule has 0 saturated carbocycles. The Kier molecular flexibility index (Phi) is 6.62.